The zero-order valence-corrected chi connectivity index (χ0v) is 17.5. The summed E-state index contributed by atoms with van der Waals surface area (Å²) in [6, 6.07) is 8.45. The highest BCUT2D eigenvalue weighted by atomic mass is 16.3. The number of benzene rings is 1. The normalized spacial score (nSPS) is 23.3. The van der Waals surface area contributed by atoms with Gasteiger partial charge in [-0.25, -0.2) is 0 Å². The average molecular weight is 392 g/mol. The Morgan fingerprint density at radius 1 is 1.21 bits per heavy atom. The van der Waals surface area contributed by atoms with E-state index in [-0.39, 0.29) is 23.3 Å². The molecule has 5 heteroatoms. The third kappa shape index (κ3) is 3.82. The molecule has 0 radical (unpaired) electrons. The molecule has 2 aliphatic rings. The van der Waals surface area contributed by atoms with Crippen LogP contribution in [0.4, 0.5) is 5.69 Å². The van der Waals surface area contributed by atoms with Crippen molar-refractivity contribution in [2.45, 2.75) is 64.5 Å². The fraction of sp³-hybridized carbons (Fsp3) is 0.500. The van der Waals surface area contributed by atoms with Crippen LogP contribution in [0.2, 0.25) is 0 Å². The number of nitrogens with zero attached hydrogens (tertiary/aromatic N) is 2. The highest BCUT2D eigenvalue weighted by molar-refractivity contribution is 6.00. The Labute approximate surface area is 172 Å². The number of anilines is 1. The quantitative estimate of drug-likeness (QED) is 0.811. The van der Waals surface area contributed by atoms with E-state index in [0.717, 1.165) is 60.2 Å². The van der Waals surface area contributed by atoms with Crippen LogP contribution in [0.1, 0.15) is 67.6 Å². The number of hydrogen-bond acceptors (Lipinski definition) is 4. The molecule has 0 aliphatic heterocycles. The Hall–Kier alpha value is -2.58. The summed E-state index contributed by atoms with van der Waals surface area (Å²) >= 11 is 0. The van der Waals surface area contributed by atoms with E-state index in [4.69, 9.17) is 0 Å². The van der Waals surface area contributed by atoms with E-state index in [9.17, 15) is 15.2 Å². The SMILES string of the molecule is Cn1cc(-c2ccc(C#N)c(NC3CCC(O)CC3)c2)c2c1C(=O)CC(C)(C)C2. The number of hydrogen-bond donors (Lipinski definition) is 2. The maximum absolute atomic E-state index is 12.7. The summed E-state index contributed by atoms with van der Waals surface area (Å²) in [5, 5.41) is 22.9. The number of aliphatic hydroxyl groups excluding tert-OH is 1. The van der Waals surface area contributed by atoms with Crippen molar-refractivity contribution in [3.05, 3.63) is 41.2 Å². The van der Waals surface area contributed by atoms with Gasteiger partial charge in [0.25, 0.3) is 0 Å². The molecule has 0 atom stereocenters. The fourth-order valence-corrected chi connectivity index (χ4v) is 4.90. The van der Waals surface area contributed by atoms with Crippen LogP contribution in [-0.4, -0.2) is 27.6 Å². The Morgan fingerprint density at radius 2 is 1.93 bits per heavy atom. The molecular weight excluding hydrogens is 362 g/mol. The number of nitriles is 1. The lowest BCUT2D eigenvalue weighted by Gasteiger charge is -2.29. The summed E-state index contributed by atoms with van der Waals surface area (Å²) in [5.74, 6) is 0.206. The molecule has 1 fully saturated rings. The minimum Gasteiger partial charge on any atom is -0.393 e. The number of fused-ring (bicyclic) bond motifs is 1. The Balaban J connectivity index is 1.71. The third-order valence-electron chi connectivity index (χ3n) is 6.35. The van der Waals surface area contributed by atoms with E-state index in [1.807, 2.05) is 36.0 Å². The second kappa shape index (κ2) is 7.35. The largest absolute Gasteiger partial charge is 0.393 e. The number of carbonyl (C=O) groups is 1. The van der Waals surface area contributed by atoms with Gasteiger partial charge in [0.1, 0.15) is 6.07 Å². The molecule has 29 heavy (non-hydrogen) atoms. The van der Waals surface area contributed by atoms with E-state index in [1.54, 1.807) is 0 Å². The molecule has 1 saturated carbocycles. The van der Waals surface area contributed by atoms with Gasteiger partial charge in [-0.3, -0.25) is 4.79 Å². The smallest absolute Gasteiger partial charge is 0.180 e. The molecule has 1 aromatic carbocycles. The molecule has 0 unspecified atom stereocenters. The summed E-state index contributed by atoms with van der Waals surface area (Å²) in [7, 11) is 1.94. The van der Waals surface area contributed by atoms with Gasteiger partial charge in [-0.15, -0.1) is 0 Å². The van der Waals surface area contributed by atoms with Crippen molar-refractivity contribution < 1.29 is 9.90 Å². The molecule has 152 valence electrons. The average Bonchev–Trinajstić information content (AvgIpc) is 2.99. The molecule has 1 heterocycles. The van der Waals surface area contributed by atoms with Gasteiger partial charge >= 0.3 is 0 Å². The van der Waals surface area contributed by atoms with Crippen LogP contribution < -0.4 is 5.32 Å². The Morgan fingerprint density at radius 3 is 2.62 bits per heavy atom. The van der Waals surface area contributed by atoms with Crippen LogP contribution in [0.5, 0.6) is 0 Å². The minimum absolute atomic E-state index is 0.0448. The van der Waals surface area contributed by atoms with Crippen molar-refractivity contribution in [3.63, 3.8) is 0 Å². The van der Waals surface area contributed by atoms with Crippen LogP contribution in [-0.2, 0) is 13.5 Å². The zero-order chi connectivity index (χ0) is 20.8. The lowest BCUT2D eigenvalue weighted by molar-refractivity contribution is 0.0903. The van der Waals surface area contributed by atoms with Crippen LogP contribution in [0.25, 0.3) is 11.1 Å². The van der Waals surface area contributed by atoms with E-state index < -0.39 is 0 Å². The molecule has 0 amide bonds. The van der Waals surface area contributed by atoms with Gasteiger partial charge in [0.2, 0.25) is 0 Å². The maximum Gasteiger partial charge on any atom is 0.180 e. The van der Waals surface area contributed by atoms with Crippen molar-refractivity contribution in [1.82, 2.24) is 4.57 Å². The lowest BCUT2D eigenvalue weighted by Crippen LogP contribution is -2.28. The maximum atomic E-state index is 12.7. The van der Waals surface area contributed by atoms with E-state index in [0.29, 0.717) is 12.0 Å². The number of ketones is 1. The number of Topliss-reactive ketones (excluding diaryl/α,β-unsaturated/α-hetero) is 1. The number of nitrogens with one attached hydrogen (secondary N) is 1. The molecule has 0 spiro atoms. The molecule has 2 aromatic rings. The van der Waals surface area contributed by atoms with Gasteiger partial charge in [-0.05, 0) is 60.8 Å². The first-order chi connectivity index (χ1) is 13.8. The molecule has 2 N–H and O–H groups in total. The van der Waals surface area contributed by atoms with Crippen molar-refractivity contribution in [2.24, 2.45) is 12.5 Å². The van der Waals surface area contributed by atoms with Gasteiger partial charge in [0, 0.05) is 31.3 Å². The van der Waals surface area contributed by atoms with Crippen LogP contribution >= 0.6 is 0 Å². The van der Waals surface area contributed by atoms with Gasteiger partial charge in [0.15, 0.2) is 5.78 Å². The van der Waals surface area contributed by atoms with Crippen LogP contribution in [0.3, 0.4) is 0 Å². The van der Waals surface area contributed by atoms with Crippen molar-refractivity contribution in [2.75, 3.05) is 5.32 Å². The standard InChI is InChI=1S/C24H29N3O2/c1-24(2)11-19-20(14-27(3)23(19)22(29)12-24)15-4-5-16(13-25)21(10-15)26-17-6-8-18(28)9-7-17/h4-5,10,14,17-18,26,28H,6-9,11-12H2,1-3H3. The molecule has 0 saturated heterocycles. The minimum atomic E-state index is -0.202. The number of aromatic nitrogens is 1. The van der Waals surface area contributed by atoms with Gasteiger partial charge in [-0.2, -0.15) is 5.26 Å². The summed E-state index contributed by atoms with van der Waals surface area (Å²) in [6.07, 6.45) is 6.68. The summed E-state index contributed by atoms with van der Waals surface area (Å²) < 4.78 is 1.95. The molecule has 0 bridgehead atoms. The molecule has 4 rings (SSSR count). The summed E-state index contributed by atoms with van der Waals surface area (Å²) in [4.78, 5) is 12.7. The second-order valence-electron chi connectivity index (χ2n) is 9.44. The molecule has 5 nitrogen and oxygen atoms in total. The first kappa shape index (κ1) is 19.7. The van der Waals surface area contributed by atoms with E-state index in [2.05, 4.69) is 25.2 Å². The predicted octanol–water partition coefficient (Wildman–Crippen LogP) is 4.43. The molecule has 1 aromatic heterocycles. The topological polar surface area (TPSA) is 78.1 Å². The number of rotatable bonds is 3. The van der Waals surface area contributed by atoms with Crippen molar-refractivity contribution in [3.8, 4) is 17.2 Å². The summed E-state index contributed by atoms with van der Waals surface area (Å²) in [5.41, 5.74) is 5.47. The fourth-order valence-electron chi connectivity index (χ4n) is 4.90. The molecular formula is C24H29N3O2. The Kier molecular flexibility index (Phi) is 5.00. The predicted molar refractivity (Wildman–Crippen MR) is 114 cm³/mol. The number of aliphatic hydroxyl groups is 1. The number of aryl methyl sites for hydroxylation is 1. The van der Waals surface area contributed by atoms with E-state index >= 15 is 0 Å². The monoisotopic (exact) mass is 391 g/mol. The first-order valence-electron chi connectivity index (χ1n) is 10.5. The Bertz CT molecular complexity index is 988. The third-order valence-corrected chi connectivity index (χ3v) is 6.35. The lowest BCUT2D eigenvalue weighted by atomic mass is 9.74. The van der Waals surface area contributed by atoms with Gasteiger partial charge < -0.3 is 15.0 Å². The molecule has 2 aliphatic carbocycles. The highest BCUT2D eigenvalue weighted by Gasteiger charge is 2.35. The zero-order valence-electron chi connectivity index (χ0n) is 17.5. The van der Waals surface area contributed by atoms with Crippen molar-refractivity contribution >= 4 is 11.5 Å². The van der Waals surface area contributed by atoms with Crippen LogP contribution in [0.15, 0.2) is 24.4 Å². The van der Waals surface area contributed by atoms with Gasteiger partial charge in [0.05, 0.1) is 23.0 Å². The highest BCUT2D eigenvalue weighted by Crippen LogP contribution is 2.41. The number of carbonyl (C=O) groups excluding carboxylic acids is 1. The van der Waals surface area contributed by atoms with Gasteiger partial charge in [-0.1, -0.05) is 19.9 Å². The van der Waals surface area contributed by atoms with Crippen LogP contribution in [0, 0.1) is 16.7 Å². The first-order valence-corrected chi connectivity index (χ1v) is 10.5. The second-order valence-corrected chi connectivity index (χ2v) is 9.44. The van der Waals surface area contributed by atoms with E-state index in [1.165, 1.54) is 0 Å². The van der Waals surface area contributed by atoms with Crippen molar-refractivity contribution in [1.29, 1.82) is 5.26 Å². The summed E-state index contributed by atoms with van der Waals surface area (Å²) in [6.45, 7) is 4.29.